The Morgan fingerprint density at radius 3 is 2.70 bits per heavy atom. The fraction of sp³-hybridized carbons (Fsp3) is 0.429. The Morgan fingerprint density at radius 2 is 2.20 bits per heavy atom. The smallest absolute Gasteiger partial charge is 0.125 e. The van der Waals surface area contributed by atoms with Crippen LogP contribution in [0.25, 0.3) is 0 Å². The zero-order valence-corrected chi connectivity index (χ0v) is 7.64. The highest BCUT2D eigenvalue weighted by atomic mass is 79.9. The Morgan fingerprint density at radius 1 is 1.50 bits per heavy atom. The first-order chi connectivity index (χ1) is 4.74. The van der Waals surface area contributed by atoms with Crippen molar-refractivity contribution in [1.82, 2.24) is 9.97 Å². The largest absolute Gasteiger partial charge is 0.241 e. The van der Waals surface area contributed by atoms with Gasteiger partial charge in [0.25, 0.3) is 0 Å². The van der Waals surface area contributed by atoms with Crippen LogP contribution in [0.1, 0.15) is 17.1 Å². The van der Waals surface area contributed by atoms with E-state index in [-0.39, 0.29) is 0 Å². The van der Waals surface area contributed by atoms with Crippen LogP contribution in [0, 0.1) is 13.8 Å². The lowest BCUT2D eigenvalue weighted by Gasteiger charge is -1.99. The summed E-state index contributed by atoms with van der Waals surface area (Å²) in [4.78, 5) is 8.29. The van der Waals surface area contributed by atoms with E-state index in [4.69, 9.17) is 0 Å². The average Bonchev–Trinajstić information content (AvgIpc) is 1.94. The molecule has 1 heterocycles. The van der Waals surface area contributed by atoms with Crippen LogP contribution in [-0.2, 0) is 5.33 Å². The van der Waals surface area contributed by atoms with Gasteiger partial charge in [0.2, 0.25) is 0 Å². The van der Waals surface area contributed by atoms with Crippen LogP contribution in [0.3, 0.4) is 0 Å². The first-order valence-corrected chi connectivity index (χ1v) is 4.21. The van der Waals surface area contributed by atoms with Crippen LogP contribution in [0.2, 0.25) is 0 Å². The normalized spacial score (nSPS) is 9.90. The van der Waals surface area contributed by atoms with Crippen LogP contribution in [0.15, 0.2) is 6.20 Å². The second-order valence-corrected chi connectivity index (χ2v) is 2.74. The van der Waals surface area contributed by atoms with Crippen LogP contribution in [-0.4, -0.2) is 9.97 Å². The van der Waals surface area contributed by atoms with Gasteiger partial charge in [0.15, 0.2) is 0 Å². The second-order valence-electron chi connectivity index (χ2n) is 2.18. The van der Waals surface area contributed by atoms with Gasteiger partial charge in [-0.2, -0.15) is 0 Å². The van der Waals surface area contributed by atoms with E-state index in [0.29, 0.717) is 0 Å². The van der Waals surface area contributed by atoms with E-state index in [1.807, 2.05) is 20.0 Å². The molecule has 0 aliphatic heterocycles. The zero-order valence-electron chi connectivity index (χ0n) is 6.06. The molecule has 10 heavy (non-hydrogen) atoms. The summed E-state index contributed by atoms with van der Waals surface area (Å²) in [5.41, 5.74) is 2.22. The maximum atomic E-state index is 4.23. The molecule has 1 aromatic heterocycles. The van der Waals surface area contributed by atoms with Crippen molar-refractivity contribution in [2.24, 2.45) is 0 Å². The topological polar surface area (TPSA) is 25.8 Å². The summed E-state index contributed by atoms with van der Waals surface area (Å²) in [6.07, 6.45) is 1.85. The third kappa shape index (κ3) is 1.53. The molecule has 0 atom stereocenters. The highest BCUT2D eigenvalue weighted by Gasteiger charge is 1.97. The summed E-state index contributed by atoms with van der Waals surface area (Å²) in [5.74, 6) is 0.833. The van der Waals surface area contributed by atoms with Gasteiger partial charge in [0.05, 0.1) is 5.69 Å². The highest BCUT2D eigenvalue weighted by molar-refractivity contribution is 9.08. The van der Waals surface area contributed by atoms with E-state index in [9.17, 15) is 0 Å². The summed E-state index contributed by atoms with van der Waals surface area (Å²) in [6.45, 7) is 3.90. The van der Waals surface area contributed by atoms with Gasteiger partial charge in [-0.15, -0.1) is 0 Å². The van der Waals surface area contributed by atoms with Crippen molar-refractivity contribution in [3.05, 3.63) is 23.3 Å². The fourth-order valence-corrected chi connectivity index (χ4v) is 1.28. The molecule has 1 rings (SSSR count). The van der Waals surface area contributed by atoms with Crippen molar-refractivity contribution < 1.29 is 0 Å². The summed E-state index contributed by atoms with van der Waals surface area (Å²) in [5, 5.41) is 0.808. The Hall–Kier alpha value is -0.440. The molecule has 3 heteroatoms. The van der Waals surface area contributed by atoms with Crippen LogP contribution in [0.4, 0.5) is 0 Å². The Bertz CT molecular complexity index is 235. The van der Waals surface area contributed by atoms with E-state index in [0.717, 1.165) is 22.4 Å². The molecule has 0 spiro atoms. The lowest BCUT2D eigenvalue weighted by Crippen LogP contribution is -1.95. The Balaban J connectivity index is 3.09. The van der Waals surface area contributed by atoms with Crippen molar-refractivity contribution in [2.45, 2.75) is 19.2 Å². The number of alkyl halides is 1. The first-order valence-electron chi connectivity index (χ1n) is 3.09. The minimum atomic E-state index is 0.808. The molecule has 0 aromatic carbocycles. The Kier molecular flexibility index (Phi) is 2.38. The Labute approximate surface area is 68.8 Å². The quantitative estimate of drug-likeness (QED) is 0.649. The molecule has 0 saturated heterocycles. The number of hydrogen-bond acceptors (Lipinski definition) is 2. The molecule has 0 bridgehead atoms. The summed E-state index contributed by atoms with van der Waals surface area (Å²) < 4.78 is 0. The molecular weight excluding hydrogens is 192 g/mol. The molecule has 0 amide bonds. The van der Waals surface area contributed by atoms with Crippen molar-refractivity contribution in [2.75, 3.05) is 0 Å². The molecule has 0 unspecified atom stereocenters. The number of rotatable bonds is 1. The minimum Gasteiger partial charge on any atom is -0.241 e. The maximum absolute atomic E-state index is 4.23. The van der Waals surface area contributed by atoms with Crippen LogP contribution < -0.4 is 0 Å². The van der Waals surface area contributed by atoms with E-state index in [1.165, 1.54) is 0 Å². The standard InChI is InChI=1S/C7H9BrN2/c1-5-4-9-6(2)10-7(5)3-8/h4H,3H2,1-2H3. The predicted octanol–water partition coefficient (Wildman–Crippen LogP) is 1.99. The van der Waals surface area contributed by atoms with Gasteiger partial charge in [-0.1, -0.05) is 15.9 Å². The summed E-state index contributed by atoms with van der Waals surface area (Å²) in [7, 11) is 0. The fourth-order valence-electron chi connectivity index (χ4n) is 0.712. The molecule has 0 N–H and O–H groups in total. The number of aryl methyl sites for hydroxylation is 2. The van der Waals surface area contributed by atoms with E-state index < -0.39 is 0 Å². The number of nitrogens with zero attached hydrogens (tertiary/aromatic N) is 2. The number of halogens is 1. The third-order valence-corrected chi connectivity index (χ3v) is 1.85. The van der Waals surface area contributed by atoms with Gasteiger partial charge < -0.3 is 0 Å². The van der Waals surface area contributed by atoms with Crippen LogP contribution >= 0.6 is 15.9 Å². The van der Waals surface area contributed by atoms with Gasteiger partial charge >= 0.3 is 0 Å². The van der Waals surface area contributed by atoms with Gasteiger partial charge in [-0.05, 0) is 19.4 Å². The van der Waals surface area contributed by atoms with Crippen LogP contribution in [0.5, 0.6) is 0 Å². The SMILES string of the molecule is Cc1ncc(C)c(CBr)n1. The summed E-state index contributed by atoms with van der Waals surface area (Å²) >= 11 is 3.35. The molecular formula is C7H9BrN2. The van der Waals surface area contributed by atoms with E-state index >= 15 is 0 Å². The monoisotopic (exact) mass is 200 g/mol. The maximum Gasteiger partial charge on any atom is 0.125 e. The minimum absolute atomic E-state index is 0.808. The molecule has 0 aliphatic rings. The first kappa shape index (κ1) is 7.66. The van der Waals surface area contributed by atoms with Gasteiger partial charge in [0, 0.05) is 11.5 Å². The number of aromatic nitrogens is 2. The van der Waals surface area contributed by atoms with E-state index in [2.05, 4.69) is 25.9 Å². The molecule has 1 aromatic rings. The zero-order chi connectivity index (χ0) is 7.56. The van der Waals surface area contributed by atoms with Gasteiger partial charge in [0.1, 0.15) is 5.82 Å². The molecule has 0 radical (unpaired) electrons. The highest BCUT2D eigenvalue weighted by Crippen LogP contribution is 2.06. The van der Waals surface area contributed by atoms with Crippen molar-refractivity contribution >= 4 is 15.9 Å². The average molecular weight is 201 g/mol. The van der Waals surface area contributed by atoms with Crippen molar-refractivity contribution in [3.63, 3.8) is 0 Å². The third-order valence-electron chi connectivity index (χ3n) is 1.32. The molecule has 0 aliphatic carbocycles. The number of hydrogen-bond donors (Lipinski definition) is 0. The van der Waals surface area contributed by atoms with Crippen molar-refractivity contribution in [1.29, 1.82) is 0 Å². The van der Waals surface area contributed by atoms with Gasteiger partial charge in [-0.25, -0.2) is 9.97 Å². The lowest BCUT2D eigenvalue weighted by atomic mass is 10.3. The van der Waals surface area contributed by atoms with Gasteiger partial charge in [-0.3, -0.25) is 0 Å². The predicted molar refractivity (Wildman–Crippen MR) is 44.1 cm³/mol. The van der Waals surface area contributed by atoms with E-state index in [1.54, 1.807) is 0 Å². The molecule has 0 fully saturated rings. The van der Waals surface area contributed by atoms with Crippen molar-refractivity contribution in [3.8, 4) is 0 Å². The molecule has 0 saturated carbocycles. The lowest BCUT2D eigenvalue weighted by molar-refractivity contribution is 0.980. The summed E-state index contributed by atoms with van der Waals surface area (Å²) in [6, 6.07) is 0. The second kappa shape index (κ2) is 3.10. The molecule has 54 valence electrons. The molecule has 2 nitrogen and oxygen atoms in total.